The van der Waals surface area contributed by atoms with Crippen molar-refractivity contribution in [2.45, 2.75) is 77.0 Å². The molecule has 0 N–H and O–H groups in total. The highest BCUT2D eigenvalue weighted by Gasteiger charge is 1.92. The van der Waals surface area contributed by atoms with Crippen LogP contribution in [0.2, 0.25) is 0 Å². The molecule has 0 fully saturated rings. The predicted octanol–water partition coefficient (Wildman–Crippen LogP) is 4.93. The second-order valence-electron chi connectivity index (χ2n) is 4.45. The number of unbranched alkanes of at least 4 members (excludes halogenated alkanes) is 11. The monoisotopic (exact) mass is 212 g/mol. The van der Waals surface area contributed by atoms with Crippen LogP contribution in [0.25, 0.3) is 0 Å². The normalized spacial score (nSPS) is 10.8. The topological polar surface area (TPSA) is 19.9 Å². The Hall–Kier alpha value is -0.0400. The second-order valence-corrected chi connectivity index (χ2v) is 4.45. The van der Waals surface area contributed by atoms with Crippen molar-refractivity contribution in [3.63, 3.8) is 0 Å². The maximum absolute atomic E-state index is 10.2. The van der Waals surface area contributed by atoms with Crippen LogP contribution < -0.4 is 0 Å². The number of hydrogen-bond acceptors (Lipinski definition) is 0. The summed E-state index contributed by atoms with van der Waals surface area (Å²) in [4.78, 5) is 0. The summed E-state index contributed by atoms with van der Waals surface area (Å²) in [6, 6.07) is 0. The van der Waals surface area contributed by atoms with Crippen LogP contribution >= 0.6 is 0 Å². The molecule has 0 aliphatic heterocycles. The molecular weight excluding hydrogens is 184 g/mol. The van der Waals surface area contributed by atoms with Gasteiger partial charge in [-0.15, -0.1) is 0 Å². The molecule has 0 unspecified atom stereocenters. The van der Waals surface area contributed by atoms with E-state index in [0.717, 1.165) is 19.3 Å². The van der Waals surface area contributed by atoms with Crippen LogP contribution in [0.5, 0.6) is 0 Å². The third-order valence-electron chi connectivity index (χ3n) is 2.89. The van der Waals surface area contributed by atoms with Crippen LogP contribution in [-0.2, 0) is 5.11 Å². The molecule has 1 nitrogen and oxygen atoms in total. The Bertz CT molecular complexity index is 89.5. The largest absolute Gasteiger partial charge is 0.237 e. The van der Waals surface area contributed by atoms with Crippen LogP contribution in [-0.4, -0.2) is 6.61 Å². The summed E-state index contributed by atoms with van der Waals surface area (Å²) in [6.45, 7) is 3.96. The van der Waals surface area contributed by atoms with E-state index in [1.54, 1.807) is 0 Å². The Balaban J connectivity index is 2.81. The van der Waals surface area contributed by atoms with Gasteiger partial charge in [-0.05, 0) is 6.42 Å². The van der Waals surface area contributed by atoms with Crippen molar-refractivity contribution in [2.24, 2.45) is 0 Å². The van der Waals surface area contributed by atoms with E-state index in [2.05, 4.69) is 6.92 Å². The van der Waals surface area contributed by atoms with Crippen molar-refractivity contribution in [3.8, 4) is 0 Å². The first-order valence-corrected chi connectivity index (χ1v) is 6.79. The molecule has 90 valence electrons. The molecule has 15 heavy (non-hydrogen) atoms. The van der Waals surface area contributed by atoms with Crippen molar-refractivity contribution in [1.82, 2.24) is 0 Å². The lowest BCUT2D eigenvalue weighted by Crippen LogP contribution is -1.84. The molecule has 0 amide bonds. The van der Waals surface area contributed by atoms with Gasteiger partial charge in [0.25, 0.3) is 0 Å². The molecule has 1 heteroatoms. The van der Waals surface area contributed by atoms with Crippen molar-refractivity contribution in [2.75, 3.05) is 6.61 Å². The third-order valence-corrected chi connectivity index (χ3v) is 2.89. The summed E-state index contributed by atoms with van der Waals surface area (Å²) in [5.41, 5.74) is 0. The van der Waals surface area contributed by atoms with Gasteiger partial charge in [0.05, 0.1) is 6.61 Å². The summed E-state index contributed by atoms with van der Waals surface area (Å²) in [6.07, 6.45) is 15.4. The molecule has 0 saturated carbocycles. The Labute approximate surface area is 96.3 Å². The molecule has 0 aliphatic carbocycles. The quantitative estimate of drug-likeness (QED) is 0.409. The molecule has 0 aromatic carbocycles. The molecular formula is C14H28O. The zero-order valence-corrected chi connectivity index (χ0v) is 10.3. The third kappa shape index (κ3) is 14.0. The lowest BCUT2D eigenvalue weighted by Gasteiger charge is -2.01. The SMILES string of the molecule is [CH2]CCCCCCCCCCCCC[O]. The summed E-state index contributed by atoms with van der Waals surface area (Å²) in [7, 11) is 0. The van der Waals surface area contributed by atoms with E-state index in [-0.39, 0.29) is 6.61 Å². The van der Waals surface area contributed by atoms with Crippen LogP contribution in [0.1, 0.15) is 77.0 Å². The number of hydrogen-bond donors (Lipinski definition) is 0. The molecule has 0 aromatic heterocycles. The summed E-state index contributed by atoms with van der Waals surface area (Å²) >= 11 is 0. The molecule has 0 spiro atoms. The lowest BCUT2D eigenvalue weighted by molar-refractivity contribution is 0.186. The fraction of sp³-hybridized carbons (Fsp3) is 0.929. The molecule has 0 saturated heterocycles. The van der Waals surface area contributed by atoms with E-state index in [1.165, 1.54) is 57.8 Å². The van der Waals surface area contributed by atoms with Gasteiger partial charge in [-0.25, -0.2) is 5.11 Å². The minimum Gasteiger partial charge on any atom is -0.237 e. The minimum absolute atomic E-state index is 0.117. The van der Waals surface area contributed by atoms with Crippen LogP contribution in [0, 0.1) is 6.92 Å². The van der Waals surface area contributed by atoms with Gasteiger partial charge in [0.1, 0.15) is 0 Å². The smallest absolute Gasteiger partial charge is 0.0822 e. The van der Waals surface area contributed by atoms with Crippen molar-refractivity contribution in [1.29, 1.82) is 0 Å². The molecule has 0 aromatic rings. The van der Waals surface area contributed by atoms with E-state index in [4.69, 9.17) is 0 Å². The fourth-order valence-electron chi connectivity index (χ4n) is 1.87. The van der Waals surface area contributed by atoms with E-state index in [1.807, 2.05) is 0 Å². The highest BCUT2D eigenvalue weighted by atomic mass is 16.2. The maximum Gasteiger partial charge on any atom is 0.0822 e. The first kappa shape index (κ1) is 15.0. The van der Waals surface area contributed by atoms with E-state index in [9.17, 15) is 5.11 Å². The van der Waals surface area contributed by atoms with Crippen LogP contribution in [0.15, 0.2) is 0 Å². The van der Waals surface area contributed by atoms with Crippen molar-refractivity contribution >= 4 is 0 Å². The standard InChI is InChI=1S/C14H28O/c1-2-3-4-5-6-7-8-9-10-11-12-13-14-15/h1-14H2. The van der Waals surface area contributed by atoms with Gasteiger partial charge < -0.3 is 0 Å². The fourth-order valence-corrected chi connectivity index (χ4v) is 1.87. The van der Waals surface area contributed by atoms with E-state index >= 15 is 0 Å². The van der Waals surface area contributed by atoms with Crippen LogP contribution in [0.4, 0.5) is 0 Å². The molecule has 0 atom stereocenters. The van der Waals surface area contributed by atoms with Gasteiger partial charge in [0.15, 0.2) is 0 Å². The van der Waals surface area contributed by atoms with Gasteiger partial charge in [-0.1, -0.05) is 77.6 Å². The maximum atomic E-state index is 10.2. The van der Waals surface area contributed by atoms with Gasteiger partial charge in [0, 0.05) is 0 Å². The van der Waals surface area contributed by atoms with Crippen molar-refractivity contribution < 1.29 is 5.11 Å². The minimum atomic E-state index is 0.117. The Kier molecular flexibility index (Phi) is 13.9. The molecule has 2 radical (unpaired) electrons. The van der Waals surface area contributed by atoms with Crippen LogP contribution in [0.3, 0.4) is 0 Å². The van der Waals surface area contributed by atoms with Gasteiger partial charge in [-0.3, -0.25) is 0 Å². The molecule has 0 rings (SSSR count). The predicted molar refractivity (Wildman–Crippen MR) is 66.3 cm³/mol. The van der Waals surface area contributed by atoms with Gasteiger partial charge in [0.2, 0.25) is 0 Å². The number of rotatable bonds is 12. The van der Waals surface area contributed by atoms with Crippen molar-refractivity contribution in [3.05, 3.63) is 6.92 Å². The lowest BCUT2D eigenvalue weighted by atomic mass is 10.1. The summed E-state index contributed by atoms with van der Waals surface area (Å²) in [5, 5.41) is 10.2. The van der Waals surface area contributed by atoms with E-state index in [0.29, 0.717) is 0 Å². The molecule has 0 heterocycles. The Morgan fingerprint density at radius 1 is 0.533 bits per heavy atom. The zero-order valence-electron chi connectivity index (χ0n) is 10.3. The molecule has 0 aliphatic rings. The zero-order chi connectivity index (χ0) is 11.2. The first-order valence-electron chi connectivity index (χ1n) is 6.79. The molecule has 0 bridgehead atoms. The summed E-state index contributed by atoms with van der Waals surface area (Å²) < 4.78 is 0. The summed E-state index contributed by atoms with van der Waals surface area (Å²) in [5.74, 6) is 0. The van der Waals surface area contributed by atoms with E-state index < -0.39 is 0 Å². The highest BCUT2D eigenvalue weighted by molar-refractivity contribution is 4.48. The van der Waals surface area contributed by atoms with Gasteiger partial charge >= 0.3 is 0 Å². The average molecular weight is 212 g/mol. The average Bonchev–Trinajstić information content (AvgIpc) is 2.26. The Morgan fingerprint density at radius 3 is 1.20 bits per heavy atom. The second kappa shape index (κ2) is 14.0. The highest BCUT2D eigenvalue weighted by Crippen LogP contribution is 2.11. The van der Waals surface area contributed by atoms with Gasteiger partial charge in [-0.2, -0.15) is 0 Å². The Morgan fingerprint density at radius 2 is 0.867 bits per heavy atom. The first-order chi connectivity index (χ1) is 7.41.